The van der Waals surface area contributed by atoms with Crippen LogP contribution in [0.25, 0.3) is 0 Å². The fourth-order valence-electron chi connectivity index (χ4n) is 2.56. The minimum atomic E-state index is -0.270. The van der Waals surface area contributed by atoms with Crippen LogP contribution < -0.4 is 0 Å². The molecule has 0 radical (unpaired) electrons. The Morgan fingerprint density at radius 3 is 3.00 bits per heavy atom. The zero-order valence-corrected chi connectivity index (χ0v) is 13.2. The van der Waals surface area contributed by atoms with Gasteiger partial charge in [0, 0.05) is 13.6 Å². The number of rotatable bonds is 2. The molecule has 0 aliphatic carbocycles. The minimum Gasteiger partial charge on any atom is -0.366 e. The second-order valence-electron chi connectivity index (χ2n) is 5.35. The summed E-state index contributed by atoms with van der Waals surface area (Å²) in [6.07, 6.45) is 1.35. The number of morpholine rings is 1. The summed E-state index contributed by atoms with van der Waals surface area (Å²) >= 11 is 6.26. The second-order valence-corrected chi connectivity index (χ2v) is 5.73. The van der Waals surface area contributed by atoms with Crippen LogP contribution in [0.15, 0.2) is 24.5 Å². The third kappa shape index (κ3) is 2.71. The van der Waals surface area contributed by atoms with Crippen molar-refractivity contribution in [2.24, 2.45) is 7.05 Å². The van der Waals surface area contributed by atoms with Gasteiger partial charge in [0.25, 0.3) is 5.91 Å². The van der Waals surface area contributed by atoms with Crippen molar-refractivity contribution in [1.82, 2.24) is 19.7 Å². The van der Waals surface area contributed by atoms with E-state index in [1.807, 2.05) is 26.1 Å². The van der Waals surface area contributed by atoms with Crippen LogP contribution in [0, 0.1) is 6.92 Å². The van der Waals surface area contributed by atoms with Crippen LogP contribution in [0.2, 0.25) is 5.02 Å². The highest BCUT2D eigenvalue weighted by atomic mass is 35.5. The largest absolute Gasteiger partial charge is 0.366 e. The lowest BCUT2D eigenvalue weighted by Crippen LogP contribution is -2.43. The summed E-state index contributed by atoms with van der Waals surface area (Å²) in [5.74, 6) is 0.636. The van der Waals surface area contributed by atoms with Gasteiger partial charge in [-0.25, -0.2) is 0 Å². The first-order chi connectivity index (χ1) is 10.6. The maximum atomic E-state index is 12.7. The zero-order valence-electron chi connectivity index (χ0n) is 12.5. The molecule has 1 atom stereocenters. The van der Waals surface area contributed by atoms with E-state index in [2.05, 4.69) is 10.2 Å². The molecule has 1 amide bonds. The Kier molecular flexibility index (Phi) is 4.13. The van der Waals surface area contributed by atoms with E-state index >= 15 is 0 Å². The first-order valence-electron chi connectivity index (χ1n) is 7.08. The van der Waals surface area contributed by atoms with Crippen LogP contribution in [0.1, 0.15) is 27.8 Å². The van der Waals surface area contributed by atoms with Crippen molar-refractivity contribution in [3.05, 3.63) is 46.5 Å². The fourth-order valence-corrected chi connectivity index (χ4v) is 2.76. The van der Waals surface area contributed by atoms with E-state index in [9.17, 15) is 4.79 Å². The van der Waals surface area contributed by atoms with Crippen molar-refractivity contribution < 1.29 is 9.53 Å². The Bertz CT molecular complexity index is 701. The molecule has 6 nitrogen and oxygen atoms in total. The van der Waals surface area contributed by atoms with Crippen molar-refractivity contribution >= 4 is 17.5 Å². The average molecular weight is 321 g/mol. The summed E-state index contributed by atoms with van der Waals surface area (Å²) < 4.78 is 7.53. The molecule has 2 aromatic rings. The van der Waals surface area contributed by atoms with Gasteiger partial charge in [0.15, 0.2) is 5.82 Å². The van der Waals surface area contributed by atoms with Crippen LogP contribution in [-0.4, -0.2) is 45.3 Å². The monoisotopic (exact) mass is 320 g/mol. The predicted octanol–water partition coefficient (Wildman–Crippen LogP) is 1.99. The lowest BCUT2D eigenvalue weighted by molar-refractivity contribution is -0.0281. The van der Waals surface area contributed by atoms with Gasteiger partial charge in [-0.3, -0.25) is 4.79 Å². The summed E-state index contributed by atoms with van der Waals surface area (Å²) in [6.45, 7) is 3.33. The van der Waals surface area contributed by atoms with Gasteiger partial charge < -0.3 is 14.2 Å². The number of hydrogen-bond acceptors (Lipinski definition) is 4. The van der Waals surface area contributed by atoms with Crippen molar-refractivity contribution in [3.63, 3.8) is 0 Å². The lowest BCUT2D eigenvalue weighted by atomic mass is 10.1. The smallest absolute Gasteiger partial charge is 0.255 e. The van der Waals surface area contributed by atoms with Crippen LogP contribution in [0.4, 0.5) is 0 Å². The molecule has 7 heteroatoms. The highest BCUT2D eigenvalue weighted by Crippen LogP contribution is 2.25. The predicted molar refractivity (Wildman–Crippen MR) is 81.8 cm³/mol. The number of aryl methyl sites for hydroxylation is 2. The third-order valence-electron chi connectivity index (χ3n) is 3.81. The van der Waals surface area contributed by atoms with Gasteiger partial charge >= 0.3 is 0 Å². The molecule has 1 aliphatic heterocycles. The number of halogens is 1. The number of aromatic nitrogens is 3. The van der Waals surface area contributed by atoms with E-state index in [0.717, 1.165) is 5.56 Å². The highest BCUT2D eigenvalue weighted by Gasteiger charge is 2.29. The van der Waals surface area contributed by atoms with E-state index in [1.54, 1.807) is 21.9 Å². The molecule has 3 rings (SSSR count). The van der Waals surface area contributed by atoms with Crippen LogP contribution >= 0.6 is 11.6 Å². The Morgan fingerprint density at radius 1 is 1.45 bits per heavy atom. The quantitative estimate of drug-likeness (QED) is 0.849. The van der Waals surface area contributed by atoms with E-state index < -0.39 is 0 Å². The van der Waals surface area contributed by atoms with Gasteiger partial charge in [-0.1, -0.05) is 23.7 Å². The van der Waals surface area contributed by atoms with Gasteiger partial charge in [-0.15, -0.1) is 10.2 Å². The van der Waals surface area contributed by atoms with Crippen LogP contribution in [0.3, 0.4) is 0 Å². The Hall–Kier alpha value is -1.92. The number of benzene rings is 1. The Morgan fingerprint density at radius 2 is 2.27 bits per heavy atom. The maximum Gasteiger partial charge on any atom is 0.255 e. The van der Waals surface area contributed by atoms with Gasteiger partial charge in [0.1, 0.15) is 12.4 Å². The van der Waals surface area contributed by atoms with E-state index in [0.29, 0.717) is 36.1 Å². The number of amides is 1. The summed E-state index contributed by atoms with van der Waals surface area (Å²) in [5.41, 5.74) is 1.42. The molecule has 0 saturated carbocycles. The molecule has 1 unspecified atom stereocenters. The number of carbonyl (C=O) groups is 1. The summed E-state index contributed by atoms with van der Waals surface area (Å²) in [7, 11) is 1.86. The van der Waals surface area contributed by atoms with Crippen molar-refractivity contribution in [1.29, 1.82) is 0 Å². The topological polar surface area (TPSA) is 60.3 Å². The van der Waals surface area contributed by atoms with Crippen LogP contribution in [0.5, 0.6) is 0 Å². The third-order valence-corrected chi connectivity index (χ3v) is 4.31. The highest BCUT2D eigenvalue weighted by molar-refractivity contribution is 6.34. The zero-order chi connectivity index (χ0) is 15.7. The van der Waals surface area contributed by atoms with Crippen LogP contribution in [-0.2, 0) is 11.8 Å². The molecular weight excluding hydrogens is 304 g/mol. The molecule has 1 aromatic carbocycles. The number of hydrogen-bond donors (Lipinski definition) is 0. The normalized spacial score (nSPS) is 18.5. The SMILES string of the molecule is Cc1cccc(C(=O)N2CCOC(c3nncn3C)C2)c1Cl. The van der Waals surface area contributed by atoms with E-state index in [-0.39, 0.29) is 12.0 Å². The lowest BCUT2D eigenvalue weighted by Gasteiger charge is -2.32. The summed E-state index contributed by atoms with van der Waals surface area (Å²) in [5, 5.41) is 8.43. The van der Waals surface area contributed by atoms with Crippen molar-refractivity contribution in [3.8, 4) is 0 Å². The van der Waals surface area contributed by atoms with Crippen molar-refractivity contribution in [2.45, 2.75) is 13.0 Å². The second kappa shape index (κ2) is 6.06. The summed E-state index contributed by atoms with van der Waals surface area (Å²) in [4.78, 5) is 14.5. The molecule has 1 fully saturated rings. The molecule has 1 aromatic heterocycles. The number of nitrogens with zero attached hydrogens (tertiary/aromatic N) is 4. The Balaban J connectivity index is 1.81. The molecule has 0 spiro atoms. The standard InChI is InChI=1S/C15H17ClN4O2/c1-10-4-3-5-11(13(10)16)15(21)20-6-7-22-12(8-20)14-18-17-9-19(14)2/h3-5,9,12H,6-8H2,1-2H3. The fraction of sp³-hybridized carbons (Fsp3) is 0.400. The van der Waals surface area contributed by atoms with Gasteiger partial charge in [0.05, 0.1) is 23.7 Å². The molecule has 0 bridgehead atoms. The van der Waals surface area contributed by atoms with Gasteiger partial charge in [-0.2, -0.15) is 0 Å². The van der Waals surface area contributed by atoms with Gasteiger partial charge in [0.2, 0.25) is 0 Å². The summed E-state index contributed by atoms with van der Waals surface area (Å²) in [6, 6.07) is 5.49. The molecular formula is C15H17ClN4O2. The Labute approximate surface area is 133 Å². The minimum absolute atomic E-state index is 0.0795. The number of carbonyl (C=O) groups excluding carboxylic acids is 1. The molecule has 116 valence electrons. The maximum absolute atomic E-state index is 12.7. The first-order valence-corrected chi connectivity index (χ1v) is 7.45. The van der Waals surface area contributed by atoms with E-state index in [1.165, 1.54) is 0 Å². The first kappa shape index (κ1) is 15.0. The average Bonchev–Trinajstić information content (AvgIpc) is 2.96. The van der Waals surface area contributed by atoms with Gasteiger partial charge in [-0.05, 0) is 18.6 Å². The molecule has 1 saturated heterocycles. The molecule has 22 heavy (non-hydrogen) atoms. The molecule has 0 N–H and O–H groups in total. The van der Waals surface area contributed by atoms with E-state index in [4.69, 9.17) is 16.3 Å². The molecule has 1 aliphatic rings. The van der Waals surface area contributed by atoms with Crippen molar-refractivity contribution in [2.75, 3.05) is 19.7 Å². The molecule has 2 heterocycles. The number of ether oxygens (including phenoxy) is 1.